The lowest BCUT2D eigenvalue weighted by Crippen LogP contribution is -2.52. The molecular formula is C16H18FN3O2. The van der Waals surface area contributed by atoms with Gasteiger partial charge in [-0.2, -0.15) is 0 Å². The normalized spacial score (nSPS) is 31.3. The fourth-order valence-corrected chi connectivity index (χ4v) is 3.13. The zero-order chi connectivity index (χ0) is 15.9. The Hall–Kier alpha value is -2.13. The van der Waals surface area contributed by atoms with Crippen LogP contribution in [0.4, 0.5) is 4.39 Å². The number of para-hydroxylation sites is 1. The first kappa shape index (κ1) is 14.8. The van der Waals surface area contributed by atoms with Gasteiger partial charge in [0.25, 0.3) is 12.1 Å². The van der Waals surface area contributed by atoms with Crippen LogP contribution in [0.25, 0.3) is 4.85 Å². The van der Waals surface area contributed by atoms with Crippen LogP contribution in [-0.2, 0) is 4.79 Å². The molecule has 1 unspecified atom stereocenters. The van der Waals surface area contributed by atoms with Crippen LogP contribution in [0.15, 0.2) is 24.3 Å². The lowest BCUT2D eigenvalue weighted by Gasteiger charge is -2.27. The van der Waals surface area contributed by atoms with Crippen molar-refractivity contribution in [3.8, 4) is 5.75 Å². The number of alkyl halides is 1. The van der Waals surface area contributed by atoms with Crippen molar-refractivity contribution >= 4 is 5.91 Å². The summed E-state index contributed by atoms with van der Waals surface area (Å²) >= 11 is 0. The van der Waals surface area contributed by atoms with E-state index in [1.807, 2.05) is 18.7 Å². The van der Waals surface area contributed by atoms with Crippen LogP contribution in [-0.4, -0.2) is 35.2 Å². The number of benzene rings is 1. The van der Waals surface area contributed by atoms with Crippen LogP contribution in [0.5, 0.6) is 5.75 Å². The Morgan fingerprint density at radius 1 is 1.50 bits per heavy atom. The predicted molar refractivity (Wildman–Crippen MR) is 78.6 cm³/mol. The van der Waals surface area contributed by atoms with E-state index < -0.39 is 24.0 Å². The monoisotopic (exact) mass is 303 g/mol. The molecule has 22 heavy (non-hydrogen) atoms. The third-order valence-corrected chi connectivity index (χ3v) is 4.31. The number of hydrogen-bond acceptors (Lipinski definition) is 3. The Morgan fingerprint density at radius 3 is 2.86 bits per heavy atom. The first-order valence-corrected chi connectivity index (χ1v) is 7.32. The third-order valence-electron chi connectivity index (χ3n) is 4.31. The standard InChI is InChI=1S/C16H18FN3O2/c1-10(2)20-9-16(8-13(20)18-3)15(21)19-14(17)11-6-4-5-7-12(11)22-16/h4-7,10,13-14H,8-9H2,1-2H3,(H,19,21)/t13-,14?,16+/m0/s1. The number of nitrogens with one attached hydrogen (secondary N) is 1. The molecule has 5 nitrogen and oxygen atoms in total. The van der Waals surface area contributed by atoms with Gasteiger partial charge in [-0.1, -0.05) is 18.2 Å². The van der Waals surface area contributed by atoms with Gasteiger partial charge in [-0.25, -0.2) is 15.9 Å². The van der Waals surface area contributed by atoms with E-state index in [1.165, 1.54) is 0 Å². The highest BCUT2D eigenvalue weighted by Crippen LogP contribution is 2.39. The van der Waals surface area contributed by atoms with Gasteiger partial charge < -0.3 is 10.1 Å². The maximum absolute atomic E-state index is 14.3. The molecule has 1 aromatic carbocycles. The Balaban J connectivity index is 2.01. The number of carbonyl (C=O) groups excluding carboxylic acids is 1. The van der Waals surface area contributed by atoms with Crippen LogP contribution in [0.2, 0.25) is 0 Å². The summed E-state index contributed by atoms with van der Waals surface area (Å²) in [6.45, 7) is 11.6. The molecule has 1 amide bonds. The number of nitrogens with zero attached hydrogens (tertiary/aromatic N) is 2. The van der Waals surface area contributed by atoms with E-state index >= 15 is 0 Å². The van der Waals surface area contributed by atoms with E-state index in [2.05, 4.69) is 10.2 Å². The van der Waals surface area contributed by atoms with Gasteiger partial charge in [0.15, 0.2) is 0 Å². The third kappa shape index (κ3) is 2.22. The average Bonchev–Trinajstić information content (AvgIpc) is 2.83. The van der Waals surface area contributed by atoms with Crippen LogP contribution in [0.3, 0.4) is 0 Å². The molecule has 6 heteroatoms. The smallest absolute Gasteiger partial charge is 0.284 e. The van der Waals surface area contributed by atoms with Crippen molar-refractivity contribution in [2.24, 2.45) is 0 Å². The fraction of sp³-hybridized carbons (Fsp3) is 0.500. The molecule has 2 aliphatic heterocycles. The molecule has 2 heterocycles. The van der Waals surface area contributed by atoms with E-state index in [0.29, 0.717) is 11.3 Å². The minimum absolute atomic E-state index is 0.106. The highest BCUT2D eigenvalue weighted by Gasteiger charge is 2.57. The topological polar surface area (TPSA) is 45.9 Å². The van der Waals surface area contributed by atoms with Gasteiger partial charge in [-0.15, -0.1) is 0 Å². The summed E-state index contributed by atoms with van der Waals surface area (Å²) in [6.07, 6.45) is -1.79. The van der Waals surface area contributed by atoms with Gasteiger partial charge in [-0.05, 0) is 19.9 Å². The molecule has 3 rings (SSSR count). The van der Waals surface area contributed by atoms with Gasteiger partial charge in [0.05, 0.1) is 13.0 Å². The molecule has 1 N–H and O–H groups in total. The van der Waals surface area contributed by atoms with E-state index in [1.54, 1.807) is 24.3 Å². The molecule has 0 aliphatic carbocycles. The van der Waals surface area contributed by atoms with Crippen molar-refractivity contribution in [2.75, 3.05) is 6.54 Å². The second-order valence-electron chi connectivity index (χ2n) is 6.05. The first-order valence-electron chi connectivity index (χ1n) is 7.32. The zero-order valence-corrected chi connectivity index (χ0v) is 12.5. The first-order chi connectivity index (χ1) is 10.5. The summed E-state index contributed by atoms with van der Waals surface area (Å²) in [5.41, 5.74) is -0.897. The summed E-state index contributed by atoms with van der Waals surface area (Å²) < 4.78 is 20.2. The zero-order valence-electron chi connectivity index (χ0n) is 12.5. The van der Waals surface area contributed by atoms with Crippen molar-refractivity contribution in [2.45, 2.75) is 44.4 Å². The molecule has 1 spiro atoms. The molecule has 0 radical (unpaired) electrons. The van der Waals surface area contributed by atoms with Gasteiger partial charge in [0, 0.05) is 11.6 Å². The molecule has 2 aliphatic rings. The van der Waals surface area contributed by atoms with E-state index in [9.17, 15) is 9.18 Å². The van der Waals surface area contributed by atoms with Gasteiger partial charge in [-0.3, -0.25) is 9.64 Å². The Labute approximate surface area is 128 Å². The molecule has 1 fully saturated rings. The lowest BCUT2D eigenvalue weighted by molar-refractivity contribution is -0.136. The van der Waals surface area contributed by atoms with Crippen LogP contribution < -0.4 is 10.1 Å². The maximum atomic E-state index is 14.3. The number of fused-ring (bicyclic) bond motifs is 1. The van der Waals surface area contributed by atoms with Crippen molar-refractivity contribution in [3.05, 3.63) is 41.2 Å². The number of halogens is 1. The number of hydrogen-bond donors (Lipinski definition) is 1. The van der Waals surface area contributed by atoms with Crippen molar-refractivity contribution < 1.29 is 13.9 Å². The van der Waals surface area contributed by atoms with E-state index in [0.717, 1.165) is 0 Å². The highest BCUT2D eigenvalue weighted by molar-refractivity contribution is 5.87. The number of amides is 1. The van der Waals surface area contributed by atoms with E-state index in [4.69, 9.17) is 11.3 Å². The van der Waals surface area contributed by atoms with Crippen molar-refractivity contribution in [1.82, 2.24) is 10.2 Å². The quantitative estimate of drug-likeness (QED) is 0.639. The minimum Gasteiger partial charge on any atom is -0.475 e. The second-order valence-corrected chi connectivity index (χ2v) is 6.05. The Kier molecular flexibility index (Phi) is 3.53. The molecule has 0 bridgehead atoms. The second kappa shape index (κ2) is 5.25. The SMILES string of the molecule is [C-]#[N+][C@@H]1C[C@]2(CN1C(C)C)Oc1ccccc1C(F)NC2=O. The maximum Gasteiger partial charge on any atom is 0.284 e. The van der Waals surface area contributed by atoms with Crippen molar-refractivity contribution in [1.29, 1.82) is 0 Å². The average molecular weight is 303 g/mol. The van der Waals surface area contributed by atoms with Gasteiger partial charge in [0.1, 0.15) is 5.75 Å². The molecule has 0 saturated carbocycles. The highest BCUT2D eigenvalue weighted by atomic mass is 19.1. The Morgan fingerprint density at radius 2 is 2.23 bits per heavy atom. The molecule has 3 atom stereocenters. The molecule has 1 saturated heterocycles. The van der Waals surface area contributed by atoms with E-state index in [-0.39, 0.29) is 19.0 Å². The molecule has 116 valence electrons. The summed E-state index contributed by atoms with van der Waals surface area (Å²) in [7, 11) is 0. The molecule has 1 aromatic rings. The fourth-order valence-electron chi connectivity index (χ4n) is 3.13. The largest absolute Gasteiger partial charge is 0.475 e. The Bertz CT molecular complexity index is 643. The van der Waals surface area contributed by atoms with Gasteiger partial charge >= 0.3 is 0 Å². The number of likely N-dealkylation sites (tertiary alicyclic amines) is 1. The van der Waals surface area contributed by atoms with Crippen LogP contribution >= 0.6 is 0 Å². The number of ether oxygens (including phenoxy) is 1. The molecule has 0 aromatic heterocycles. The summed E-state index contributed by atoms with van der Waals surface area (Å²) in [4.78, 5) is 18.1. The number of rotatable bonds is 1. The summed E-state index contributed by atoms with van der Waals surface area (Å²) in [5, 5.41) is 2.37. The minimum atomic E-state index is -1.59. The van der Waals surface area contributed by atoms with Gasteiger partial charge in [0.2, 0.25) is 11.9 Å². The van der Waals surface area contributed by atoms with Crippen molar-refractivity contribution in [3.63, 3.8) is 0 Å². The summed E-state index contributed by atoms with van der Waals surface area (Å²) in [6, 6.07) is 6.82. The molecular weight excluding hydrogens is 285 g/mol. The predicted octanol–water partition coefficient (Wildman–Crippen LogP) is 2.26. The van der Waals surface area contributed by atoms with Crippen LogP contribution in [0, 0.1) is 6.57 Å². The number of carbonyl (C=O) groups is 1. The lowest BCUT2D eigenvalue weighted by atomic mass is 10.0. The van der Waals surface area contributed by atoms with Crippen LogP contribution in [0.1, 0.15) is 32.1 Å². The summed E-state index contributed by atoms with van der Waals surface area (Å²) in [5.74, 6) is -0.129.